The van der Waals surface area contributed by atoms with Crippen LogP contribution in [0.5, 0.6) is 0 Å². The van der Waals surface area contributed by atoms with Crippen molar-refractivity contribution in [2.24, 2.45) is 0 Å². The molecule has 0 unspecified atom stereocenters. The summed E-state index contributed by atoms with van der Waals surface area (Å²) in [5.41, 5.74) is -0.526. The number of allylic oxidation sites excluding steroid dienone is 2. The second kappa shape index (κ2) is 7.67. The molecular formula is C16H28O4. The summed E-state index contributed by atoms with van der Waals surface area (Å²) in [6.45, 7) is 9.60. The lowest BCUT2D eigenvalue weighted by Crippen LogP contribution is -2.31. The summed E-state index contributed by atoms with van der Waals surface area (Å²) in [5.74, 6) is 0. The fourth-order valence-corrected chi connectivity index (χ4v) is 2.24. The van der Waals surface area contributed by atoms with Crippen LogP contribution >= 0.6 is 0 Å². The topological polar surface area (TPSA) is 44.8 Å². The number of carbonyl (C=O) groups is 1. The van der Waals surface area contributed by atoms with Gasteiger partial charge in [-0.1, -0.05) is 19.1 Å². The van der Waals surface area contributed by atoms with Gasteiger partial charge >= 0.3 is 6.16 Å². The highest BCUT2D eigenvalue weighted by Crippen LogP contribution is 2.27. The van der Waals surface area contributed by atoms with E-state index in [1.54, 1.807) is 0 Å². The zero-order valence-corrected chi connectivity index (χ0v) is 13.3. The fraction of sp³-hybridized carbons (Fsp3) is 0.812. The summed E-state index contributed by atoms with van der Waals surface area (Å²) in [6, 6.07) is 0. The number of hydrogen-bond acceptors (Lipinski definition) is 4. The molecule has 0 spiro atoms. The first kappa shape index (κ1) is 17.0. The van der Waals surface area contributed by atoms with Gasteiger partial charge in [0.25, 0.3) is 0 Å². The van der Waals surface area contributed by atoms with Crippen molar-refractivity contribution in [1.82, 2.24) is 0 Å². The molecule has 0 aromatic carbocycles. The Hall–Kier alpha value is -1.03. The van der Waals surface area contributed by atoms with Crippen molar-refractivity contribution in [3.63, 3.8) is 0 Å². The number of rotatable bonds is 5. The molecule has 1 saturated heterocycles. The summed E-state index contributed by atoms with van der Waals surface area (Å²) in [5, 5.41) is 0. The van der Waals surface area contributed by atoms with Crippen LogP contribution in [0.3, 0.4) is 0 Å². The number of carbonyl (C=O) groups excluding carboxylic acids is 1. The van der Waals surface area contributed by atoms with Crippen molar-refractivity contribution in [1.29, 1.82) is 0 Å². The molecule has 0 aromatic heterocycles. The predicted molar refractivity (Wildman–Crippen MR) is 78.7 cm³/mol. The van der Waals surface area contributed by atoms with Gasteiger partial charge in [-0.3, -0.25) is 0 Å². The Morgan fingerprint density at radius 2 is 2.05 bits per heavy atom. The number of ether oxygens (including phenoxy) is 3. The Balaban J connectivity index is 2.45. The highest BCUT2D eigenvalue weighted by atomic mass is 16.7. The molecule has 0 N–H and O–H groups in total. The van der Waals surface area contributed by atoms with Crippen LogP contribution in [0.4, 0.5) is 4.79 Å². The van der Waals surface area contributed by atoms with Crippen LogP contribution in [0.1, 0.15) is 60.3 Å². The normalized spacial score (nSPS) is 26.9. The van der Waals surface area contributed by atoms with Crippen molar-refractivity contribution >= 4 is 6.16 Å². The smallest absolute Gasteiger partial charge is 0.429 e. The molecule has 116 valence electrons. The van der Waals surface area contributed by atoms with Crippen LogP contribution < -0.4 is 0 Å². The molecule has 0 radical (unpaired) electrons. The third kappa shape index (κ3) is 6.42. The highest BCUT2D eigenvalue weighted by Gasteiger charge is 2.36. The molecule has 4 heteroatoms. The average molecular weight is 284 g/mol. The van der Waals surface area contributed by atoms with E-state index in [9.17, 15) is 4.79 Å². The third-order valence-corrected chi connectivity index (χ3v) is 3.04. The first-order chi connectivity index (χ1) is 9.31. The Morgan fingerprint density at radius 1 is 1.35 bits per heavy atom. The minimum atomic E-state index is -0.602. The van der Waals surface area contributed by atoms with Crippen molar-refractivity contribution < 1.29 is 19.0 Å². The summed E-state index contributed by atoms with van der Waals surface area (Å²) >= 11 is 0. The van der Waals surface area contributed by atoms with E-state index >= 15 is 0 Å². The lowest BCUT2D eigenvalue weighted by atomic mass is 10.1. The predicted octanol–water partition coefficient (Wildman–Crippen LogP) is 4.23. The van der Waals surface area contributed by atoms with E-state index in [4.69, 9.17) is 14.2 Å². The van der Waals surface area contributed by atoms with Gasteiger partial charge in [-0.05, 0) is 47.0 Å². The molecule has 20 heavy (non-hydrogen) atoms. The lowest BCUT2D eigenvalue weighted by Gasteiger charge is -2.22. The minimum Gasteiger partial charge on any atom is -0.429 e. The van der Waals surface area contributed by atoms with Gasteiger partial charge in [-0.25, -0.2) is 4.79 Å². The maximum atomic E-state index is 11.7. The van der Waals surface area contributed by atoms with Gasteiger partial charge in [0.05, 0.1) is 12.2 Å². The van der Waals surface area contributed by atoms with Crippen LogP contribution in [0.15, 0.2) is 12.2 Å². The Morgan fingerprint density at radius 3 is 2.65 bits per heavy atom. The van der Waals surface area contributed by atoms with E-state index in [-0.39, 0.29) is 18.3 Å². The van der Waals surface area contributed by atoms with E-state index in [0.29, 0.717) is 0 Å². The van der Waals surface area contributed by atoms with Crippen molar-refractivity contribution in [3.05, 3.63) is 12.2 Å². The second-order valence-corrected chi connectivity index (χ2v) is 6.30. The van der Waals surface area contributed by atoms with E-state index in [0.717, 1.165) is 25.7 Å². The monoisotopic (exact) mass is 284 g/mol. The molecule has 1 aliphatic rings. The largest absolute Gasteiger partial charge is 0.509 e. The first-order valence-corrected chi connectivity index (χ1v) is 7.52. The van der Waals surface area contributed by atoms with E-state index < -0.39 is 11.8 Å². The van der Waals surface area contributed by atoms with Crippen LogP contribution in [0.25, 0.3) is 0 Å². The van der Waals surface area contributed by atoms with E-state index in [1.807, 2.05) is 27.7 Å². The SMILES string of the molecule is CC/C=C\CC[C@@H]1O[C@@H](C)C[C@@H]1OC(=O)OC(C)(C)C. The molecule has 1 aliphatic heterocycles. The van der Waals surface area contributed by atoms with Crippen molar-refractivity contribution in [3.8, 4) is 0 Å². The summed E-state index contributed by atoms with van der Waals surface area (Å²) in [6.07, 6.45) is 7.18. The standard InChI is InChI=1S/C16H28O4/c1-6-7-8-9-10-13-14(11-12(2)18-13)19-15(17)20-16(3,4)5/h7-8,12-14H,6,9-11H2,1-5H3/b8-7-/t12-,13-,14-/m0/s1. The molecule has 4 nitrogen and oxygen atoms in total. The minimum absolute atomic E-state index is 0.0287. The van der Waals surface area contributed by atoms with Crippen molar-refractivity contribution in [2.75, 3.05) is 0 Å². The Bertz CT molecular complexity index is 330. The first-order valence-electron chi connectivity index (χ1n) is 7.52. The number of hydrogen-bond donors (Lipinski definition) is 0. The quantitative estimate of drug-likeness (QED) is 0.560. The van der Waals surface area contributed by atoms with Crippen LogP contribution in [0.2, 0.25) is 0 Å². The van der Waals surface area contributed by atoms with Crippen LogP contribution in [0, 0.1) is 0 Å². The highest BCUT2D eigenvalue weighted by molar-refractivity contribution is 5.60. The zero-order chi connectivity index (χ0) is 15.2. The average Bonchev–Trinajstić information content (AvgIpc) is 2.62. The maximum Gasteiger partial charge on any atom is 0.509 e. The molecule has 1 rings (SSSR count). The van der Waals surface area contributed by atoms with Gasteiger partial charge in [-0.2, -0.15) is 0 Å². The second-order valence-electron chi connectivity index (χ2n) is 6.30. The van der Waals surface area contributed by atoms with Gasteiger partial charge in [0, 0.05) is 6.42 Å². The zero-order valence-electron chi connectivity index (χ0n) is 13.3. The molecule has 1 fully saturated rings. The van der Waals surface area contributed by atoms with Crippen LogP contribution in [-0.4, -0.2) is 30.1 Å². The molecule has 0 saturated carbocycles. The Labute approximate surface area is 122 Å². The summed E-state index contributed by atoms with van der Waals surface area (Å²) in [4.78, 5) is 11.7. The molecular weight excluding hydrogens is 256 g/mol. The molecule has 0 aromatic rings. The Kier molecular flexibility index (Phi) is 6.53. The van der Waals surface area contributed by atoms with Gasteiger partial charge < -0.3 is 14.2 Å². The van der Waals surface area contributed by atoms with E-state index in [1.165, 1.54) is 0 Å². The van der Waals surface area contributed by atoms with Gasteiger partial charge in [0.1, 0.15) is 11.7 Å². The van der Waals surface area contributed by atoms with Gasteiger partial charge in [-0.15, -0.1) is 0 Å². The molecule has 1 heterocycles. The van der Waals surface area contributed by atoms with Gasteiger partial charge in [0.2, 0.25) is 0 Å². The van der Waals surface area contributed by atoms with Crippen LogP contribution in [-0.2, 0) is 14.2 Å². The van der Waals surface area contributed by atoms with Gasteiger partial charge in [0.15, 0.2) is 0 Å². The molecule has 0 bridgehead atoms. The fourth-order valence-electron chi connectivity index (χ4n) is 2.24. The molecule has 3 atom stereocenters. The molecule has 0 aliphatic carbocycles. The summed E-state index contributed by atoms with van der Waals surface area (Å²) in [7, 11) is 0. The summed E-state index contributed by atoms with van der Waals surface area (Å²) < 4.78 is 16.4. The third-order valence-electron chi connectivity index (χ3n) is 3.04. The molecule has 0 amide bonds. The maximum absolute atomic E-state index is 11.7. The van der Waals surface area contributed by atoms with E-state index in [2.05, 4.69) is 19.1 Å². The lowest BCUT2D eigenvalue weighted by molar-refractivity contribution is -0.0484. The van der Waals surface area contributed by atoms with Crippen molar-refractivity contribution in [2.45, 2.75) is 84.2 Å².